The van der Waals surface area contributed by atoms with Gasteiger partial charge in [-0.2, -0.15) is 0 Å². The third kappa shape index (κ3) is 29.3. The molecule has 10 heavy (non-hydrogen) atoms. The summed E-state index contributed by atoms with van der Waals surface area (Å²) in [6.07, 6.45) is 7.07. The van der Waals surface area contributed by atoms with E-state index in [9.17, 15) is 0 Å². The molecule has 0 nitrogen and oxygen atoms in total. The van der Waals surface area contributed by atoms with Crippen LogP contribution in [-0.2, 0) is 0 Å². The molecule has 0 aliphatic heterocycles. The van der Waals surface area contributed by atoms with Crippen LogP contribution in [0.1, 0.15) is 13.8 Å². The Morgan fingerprint density at radius 2 is 1.20 bits per heavy atom. The molecule has 0 heteroatoms. The van der Waals surface area contributed by atoms with Crippen molar-refractivity contribution in [3.05, 3.63) is 37.5 Å². The summed E-state index contributed by atoms with van der Waals surface area (Å²) in [5.41, 5.74) is 0. The smallest absolute Gasteiger partial charge is 0.00271 e. The number of allylic oxidation sites excluding steroid dienone is 4. The largest absolute Gasteiger partial charge is 0.107 e. The molecule has 0 saturated carbocycles. The molecule has 0 aromatic carbocycles. The molecule has 0 fully saturated rings. The van der Waals surface area contributed by atoms with Crippen LogP contribution < -0.4 is 0 Å². The van der Waals surface area contributed by atoms with Gasteiger partial charge in [0.15, 0.2) is 0 Å². The van der Waals surface area contributed by atoms with Crippen molar-refractivity contribution in [2.45, 2.75) is 13.8 Å². The number of hydrogen-bond acceptors (Lipinski definition) is 0. The van der Waals surface area contributed by atoms with E-state index in [1.54, 1.807) is 12.2 Å². The summed E-state index contributed by atoms with van der Waals surface area (Å²) in [4.78, 5) is 0. The van der Waals surface area contributed by atoms with Crippen molar-refractivity contribution >= 4 is 0 Å². The summed E-state index contributed by atoms with van der Waals surface area (Å²) in [6.45, 7) is 10.6. The molecule has 0 N–H and O–H groups in total. The molecule has 0 bridgehead atoms. The van der Waals surface area contributed by atoms with Gasteiger partial charge in [0.1, 0.15) is 0 Å². The van der Waals surface area contributed by atoms with Crippen molar-refractivity contribution in [1.82, 2.24) is 0 Å². The van der Waals surface area contributed by atoms with Gasteiger partial charge in [0.2, 0.25) is 0 Å². The predicted octanol–water partition coefficient (Wildman–Crippen LogP) is 2.94. The van der Waals surface area contributed by atoms with Gasteiger partial charge in [0.05, 0.1) is 0 Å². The molecule has 0 aliphatic rings. The van der Waals surface area contributed by atoms with Gasteiger partial charge in [-0.1, -0.05) is 37.5 Å². The zero-order valence-electron chi connectivity index (χ0n) is 6.72. The van der Waals surface area contributed by atoms with E-state index in [1.165, 1.54) is 0 Å². The molecule has 0 aromatic heterocycles. The lowest BCUT2D eigenvalue weighted by atomic mass is 10.5. The molecular formula is C10H14. The van der Waals surface area contributed by atoms with Gasteiger partial charge in [-0.25, -0.2) is 0 Å². The second-order valence-corrected chi connectivity index (χ2v) is 1.36. The summed E-state index contributed by atoms with van der Waals surface area (Å²) >= 11 is 0. The van der Waals surface area contributed by atoms with E-state index >= 15 is 0 Å². The Morgan fingerprint density at radius 3 is 1.30 bits per heavy atom. The summed E-state index contributed by atoms with van der Waals surface area (Å²) in [6, 6.07) is 0. The summed E-state index contributed by atoms with van der Waals surface area (Å²) in [7, 11) is 0. The lowest BCUT2D eigenvalue weighted by Crippen LogP contribution is -1.38. The minimum absolute atomic E-state index is 1.71. The Labute approximate surface area is 64.0 Å². The summed E-state index contributed by atoms with van der Waals surface area (Å²) in [5, 5.41) is 0. The first-order valence-electron chi connectivity index (χ1n) is 3.07. The molecule has 0 heterocycles. The fraction of sp³-hybridized carbons (Fsp3) is 0.200. The van der Waals surface area contributed by atoms with Crippen LogP contribution in [0.15, 0.2) is 37.5 Å². The summed E-state index contributed by atoms with van der Waals surface area (Å²) < 4.78 is 0. The van der Waals surface area contributed by atoms with E-state index in [2.05, 4.69) is 25.0 Å². The Balaban J connectivity index is 0. The van der Waals surface area contributed by atoms with E-state index in [-0.39, 0.29) is 0 Å². The second kappa shape index (κ2) is 15.7. The monoisotopic (exact) mass is 134 g/mol. The van der Waals surface area contributed by atoms with Crippen LogP contribution >= 0.6 is 0 Å². The van der Waals surface area contributed by atoms with Crippen LogP contribution in [-0.4, -0.2) is 0 Å². The minimum atomic E-state index is 1.71. The highest BCUT2D eigenvalue weighted by atomic mass is 13.5. The fourth-order valence-electron chi connectivity index (χ4n) is 0.157. The molecule has 0 rings (SSSR count). The fourth-order valence-corrected chi connectivity index (χ4v) is 0.157. The van der Waals surface area contributed by atoms with Gasteiger partial charge >= 0.3 is 0 Å². The van der Waals surface area contributed by atoms with Gasteiger partial charge in [0, 0.05) is 0 Å². The van der Waals surface area contributed by atoms with Crippen LogP contribution in [0, 0.1) is 11.8 Å². The maximum atomic E-state index is 3.46. The molecule has 0 atom stereocenters. The van der Waals surface area contributed by atoms with Crippen LogP contribution in [0.5, 0.6) is 0 Å². The van der Waals surface area contributed by atoms with Crippen LogP contribution in [0.25, 0.3) is 0 Å². The first-order chi connectivity index (χ1) is 4.83. The zero-order chi connectivity index (χ0) is 8.24. The highest BCUT2D eigenvalue weighted by Gasteiger charge is 1.47. The van der Waals surface area contributed by atoms with E-state index in [1.807, 2.05) is 26.0 Å². The molecule has 0 aromatic rings. The first-order valence-corrected chi connectivity index (χ1v) is 3.07. The topological polar surface area (TPSA) is 0 Å². The third-order valence-corrected chi connectivity index (χ3v) is 0.633. The molecule has 0 aliphatic carbocycles. The van der Waals surface area contributed by atoms with Gasteiger partial charge in [-0.3, -0.25) is 0 Å². The van der Waals surface area contributed by atoms with Gasteiger partial charge < -0.3 is 0 Å². The normalized spacial score (nSPS) is 6.60. The van der Waals surface area contributed by atoms with Crippen LogP contribution in [0.2, 0.25) is 0 Å². The lowest BCUT2D eigenvalue weighted by Gasteiger charge is -1.60. The first kappa shape index (κ1) is 11.6. The molecule has 0 unspecified atom stereocenters. The minimum Gasteiger partial charge on any atom is -0.107 e. The molecule has 0 spiro atoms. The predicted molar refractivity (Wildman–Crippen MR) is 48.7 cm³/mol. The Morgan fingerprint density at radius 1 is 0.900 bits per heavy atom. The average molecular weight is 134 g/mol. The molecule has 0 saturated heterocycles. The molecular weight excluding hydrogens is 120 g/mol. The van der Waals surface area contributed by atoms with E-state index < -0.39 is 0 Å². The van der Waals surface area contributed by atoms with Crippen molar-refractivity contribution in [3.63, 3.8) is 0 Å². The standard InChI is InChI=1S/C6H8.C4H6/c1-3-5-6-4-2;1-3-4-2/h3-6H,1-2H2;1-2H3/b6-5-;. The van der Waals surface area contributed by atoms with Crippen LogP contribution in [0.3, 0.4) is 0 Å². The van der Waals surface area contributed by atoms with Crippen molar-refractivity contribution in [1.29, 1.82) is 0 Å². The van der Waals surface area contributed by atoms with Crippen molar-refractivity contribution < 1.29 is 0 Å². The second-order valence-electron chi connectivity index (χ2n) is 1.36. The van der Waals surface area contributed by atoms with Gasteiger partial charge in [-0.05, 0) is 13.8 Å². The highest BCUT2D eigenvalue weighted by Crippen LogP contribution is 1.69. The Bertz CT molecular complexity index is 135. The van der Waals surface area contributed by atoms with Crippen molar-refractivity contribution in [2.75, 3.05) is 0 Å². The Hall–Kier alpha value is -1.22. The number of hydrogen-bond donors (Lipinski definition) is 0. The maximum absolute atomic E-state index is 3.46. The zero-order valence-corrected chi connectivity index (χ0v) is 6.72. The third-order valence-electron chi connectivity index (χ3n) is 0.633. The number of rotatable bonds is 2. The SMILES string of the molecule is C=C/C=C\C=C.CC#CC. The summed E-state index contributed by atoms with van der Waals surface area (Å²) in [5.74, 6) is 5.36. The molecule has 0 radical (unpaired) electrons. The van der Waals surface area contributed by atoms with Crippen molar-refractivity contribution in [3.8, 4) is 11.8 Å². The van der Waals surface area contributed by atoms with Crippen molar-refractivity contribution in [2.24, 2.45) is 0 Å². The van der Waals surface area contributed by atoms with E-state index in [0.717, 1.165) is 0 Å². The lowest BCUT2D eigenvalue weighted by molar-refractivity contribution is 1.83. The quantitative estimate of drug-likeness (QED) is 0.402. The molecule has 0 amide bonds. The van der Waals surface area contributed by atoms with Gasteiger partial charge in [0.25, 0.3) is 0 Å². The highest BCUT2D eigenvalue weighted by molar-refractivity contribution is 5.05. The van der Waals surface area contributed by atoms with E-state index in [4.69, 9.17) is 0 Å². The maximum Gasteiger partial charge on any atom is -0.00271 e. The Kier molecular flexibility index (Phi) is 18.1. The van der Waals surface area contributed by atoms with Gasteiger partial charge in [-0.15, -0.1) is 11.8 Å². The average Bonchev–Trinajstić information content (AvgIpc) is 2.01. The molecule has 54 valence electrons. The van der Waals surface area contributed by atoms with Crippen LogP contribution in [0.4, 0.5) is 0 Å². The van der Waals surface area contributed by atoms with E-state index in [0.29, 0.717) is 0 Å².